The number of carbonyl (C=O) groups excluding carboxylic acids is 1. The Kier molecular flexibility index (Phi) is 5.87. The standard InChI is InChI=1S/C17H27N3OS/c21-17(19-9-12-20-10-7-18-8-11-20)16-13-14-5-3-1-2-4-6-15(14)22-16/h13,18H,1-12H2,(H,19,21). The molecule has 0 atom stereocenters. The molecule has 1 aliphatic carbocycles. The Bertz CT molecular complexity index is 469. The molecule has 1 aromatic heterocycles. The number of hydrogen-bond acceptors (Lipinski definition) is 4. The van der Waals surface area contributed by atoms with Crippen molar-refractivity contribution in [1.29, 1.82) is 0 Å². The van der Waals surface area contributed by atoms with Crippen molar-refractivity contribution in [3.63, 3.8) is 0 Å². The third-order valence-electron chi connectivity index (χ3n) is 4.64. The van der Waals surface area contributed by atoms with Crippen LogP contribution in [0.1, 0.15) is 45.8 Å². The van der Waals surface area contributed by atoms with Gasteiger partial charge in [0.25, 0.3) is 5.91 Å². The van der Waals surface area contributed by atoms with Crippen LogP contribution in [0.15, 0.2) is 6.07 Å². The van der Waals surface area contributed by atoms with Gasteiger partial charge in [-0.3, -0.25) is 9.69 Å². The predicted molar refractivity (Wildman–Crippen MR) is 91.8 cm³/mol. The first-order chi connectivity index (χ1) is 10.8. The van der Waals surface area contributed by atoms with Gasteiger partial charge >= 0.3 is 0 Å². The highest BCUT2D eigenvalue weighted by atomic mass is 32.1. The van der Waals surface area contributed by atoms with Gasteiger partial charge in [0.15, 0.2) is 0 Å². The van der Waals surface area contributed by atoms with E-state index in [0.29, 0.717) is 0 Å². The second kappa shape index (κ2) is 8.09. The highest BCUT2D eigenvalue weighted by Crippen LogP contribution is 2.28. The molecule has 1 amide bonds. The Hall–Kier alpha value is -0.910. The van der Waals surface area contributed by atoms with Gasteiger partial charge in [0, 0.05) is 44.1 Å². The normalized spacial score (nSPS) is 20.0. The van der Waals surface area contributed by atoms with E-state index in [1.54, 1.807) is 11.3 Å². The Morgan fingerprint density at radius 2 is 1.95 bits per heavy atom. The van der Waals surface area contributed by atoms with Gasteiger partial charge in [-0.2, -0.15) is 0 Å². The molecule has 0 aromatic carbocycles. The fourth-order valence-corrected chi connectivity index (χ4v) is 4.48. The number of amides is 1. The minimum atomic E-state index is 0.117. The van der Waals surface area contributed by atoms with E-state index in [1.165, 1.54) is 36.1 Å². The molecule has 0 radical (unpaired) electrons. The van der Waals surface area contributed by atoms with Crippen LogP contribution < -0.4 is 10.6 Å². The van der Waals surface area contributed by atoms with Crippen molar-refractivity contribution in [2.24, 2.45) is 0 Å². The van der Waals surface area contributed by atoms with Crippen LogP contribution in [0, 0.1) is 0 Å². The molecule has 1 fully saturated rings. The molecule has 1 aliphatic heterocycles. The lowest BCUT2D eigenvalue weighted by Crippen LogP contribution is -2.46. The van der Waals surface area contributed by atoms with Crippen molar-refractivity contribution >= 4 is 17.2 Å². The van der Waals surface area contributed by atoms with Crippen molar-refractivity contribution in [3.8, 4) is 0 Å². The van der Waals surface area contributed by atoms with Crippen molar-refractivity contribution < 1.29 is 4.79 Å². The summed E-state index contributed by atoms with van der Waals surface area (Å²) in [5.74, 6) is 0.117. The first kappa shape index (κ1) is 16.0. The van der Waals surface area contributed by atoms with Gasteiger partial charge in [0.2, 0.25) is 0 Å². The number of nitrogens with zero attached hydrogens (tertiary/aromatic N) is 1. The van der Waals surface area contributed by atoms with Gasteiger partial charge in [0.1, 0.15) is 0 Å². The number of fused-ring (bicyclic) bond motifs is 1. The maximum Gasteiger partial charge on any atom is 0.261 e. The summed E-state index contributed by atoms with van der Waals surface area (Å²) in [7, 11) is 0. The van der Waals surface area contributed by atoms with E-state index in [0.717, 1.165) is 57.0 Å². The molecule has 2 heterocycles. The molecule has 3 rings (SSSR count). The van der Waals surface area contributed by atoms with Crippen molar-refractivity contribution in [2.45, 2.75) is 38.5 Å². The summed E-state index contributed by atoms with van der Waals surface area (Å²) in [6.07, 6.45) is 7.53. The number of piperazine rings is 1. The SMILES string of the molecule is O=C(NCCN1CCNCC1)c1cc2c(s1)CCCCCC2. The van der Waals surface area contributed by atoms with Gasteiger partial charge in [-0.15, -0.1) is 11.3 Å². The van der Waals surface area contributed by atoms with Crippen LogP contribution in [0.3, 0.4) is 0 Å². The maximum absolute atomic E-state index is 12.3. The smallest absolute Gasteiger partial charge is 0.261 e. The zero-order valence-electron chi connectivity index (χ0n) is 13.3. The Labute approximate surface area is 137 Å². The fraction of sp³-hybridized carbons (Fsp3) is 0.706. The van der Waals surface area contributed by atoms with E-state index in [4.69, 9.17) is 0 Å². The third kappa shape index (κ3) is 4.31. The second-order valence-electron chi connectivity index (χ2n) is 6.32. The topological polar surface area (TPSA) is 44.4 Å². The van der Waals surface area contributed by atoms with Crippen LogP contribution in [0.2, 0.25) is 0 Å². The lowest BCUT2D eigenvalue weighted by molar-refractivity contribution is 0.0951. The molecule has 1 saturated heterocycles. The number of rotatable bonds is 4. The quantitative estimate of drug-likeness (QED) is 0.892. The molecular weight excluding hydrogens is 294 g/mol. The number of carbonyl (C=O) groups is 1. The molecule has 0 unspecified atom stereocenters. The van der Waals surface area contributed by atoms with Crippen molar-refractivity contribution in [1.82, 2.24) is 15.5 Å². The predicted octanol–water partition coefficient (Wildman–Crippen LogP) is 2.04. The summed E-state index contributed by atoms with van der Waals surface area (Å²) in [5, 5.41) is 6.45. The molecular formula is C17H27N3OS. The average Bonchev–Trinajstić information content (AvgIpc) is 2.90. The molecule has 122 valence electrons. The molecule has 5 heteroatoms. The number of nitrogens with one attached hydrogen (secondary N) is 2. The van der Waals surface area contributed by atoms with Crippen molar-refractivity contribution in [3.05, 3.63) is 21.4 Å². The number of aryl methyl sites for hydroxylation is 2. The number of thiophene rings is 1. The molecule has 22 heavy (non-hydrogen) atoms. The molecule has 1 aromatic rings. The van der Waals surface area contributed by atoms with Crippen LogP contribution in [0.5, 0.6) is 0 Å². The zero-order valence-corrected chi connectivity index (χ0v) is 14.1. The highest BCUT2D eigenvalue weighted by molar-refractivity contribution is 7.14. The first-order valence-electron chi connectivity index (χ1n) is 8.66. The summed E-state index contributed by atoms with van der Waals surface area (Å²) in [6.45, 7) is 6.00. The summed E-state index contributed by atoms with van der Waals surface area (Å²) in [5.41, 5.74) is 1.43. The highest BCUT2D eigenvalue weighted by Gasteiger charge is 2.16. The van der Waals surface area contributed by atoms with E-state index >= 15 is 0 Å². The molecule has 0 bridgehead atoms. The first-order valence-corrected chi connectivity index (χ1v) is 9.47. The van der Waals surface area contributed by atoms with Crippen LogP contribution >= 0.6 is 11.3 Å². The maximum atomic E-state index is 12.3. The van der Waals surface area contributed by atoms with E-state index in [-0.39, 0.29) is 5.91 Å². The molecule has 2 N–H and O–H groups in total. The third-order valence-corrected chi connectivity index (χ3v) is 5.88. The largest absolute Gasteiger partial charge is 0.350 e. The zero-order chi connectivity index (χ0) is 15.2. The van der Waals surface area contributed by atoms with Crippen molar-refractivity contribution in [2.75, 3.05) is 39.3 Å². The Morgan fingerprint density at radius 3 is 2.77 bits per heavy atom. The molecule has 2 aliphatic rings. The Balaban J connectivity index is 1.50. The molecule has 0 saturated carbocycles. The summed E-state index contributed by atoms with van der Waals surface area (Å²) in [4.78, 5) is 17.1. The van der Waals surface area contributed by atoms with Gasteiger partial charge in [-0.25, -0.2) is 0 Å². The van der Waals surface area contributed by atoms with Crippen LogP contribution in [-0.4, -0.2) is 50.1 Å². The van der Waals surface area contributed by atoms with Crippen LogP contribution in [-0.2, 0) is 12.8 Å². The van der Waals surface area contributed by atoms with E-state index < -0.39 is 0 Å². The van der Waals surface area contributed by atoms with Gasteiger partial charge in [-0.05, 0) is 37.3 Å². The van der Waals surface area contributed by atoms with E-state index in [9.17, 15) is 4.79 Å². The van der Waals surface area contributed by atoms with Gasteiger partial charge in [-0.1, -0.05) is 12.8 Å². The average molecular weight is 321 g/mol. The lowest BCUT2D eigenvalue weighted by atomic mass is 10.00. The second-order valence-corrected chi connectivity index (χ2v) is 7.46. The minimum absolute atomic E-state index is 0.117. The van der Waals surface area contributed by atoms with E-state index in [1.807, 2.05) is 0 Å². The van der Waals surface area contributed by atoms with Gasteiger partial charge < -0.3 is 10.6 Å². The summed E-state index contributed by atoms with van der Waals surface area (Å²) in [6, 6.07) is 2.14. The van der Waals surface area contributed by atoms with Crippen LogP contribution in [0.4, 0.5) is 0 Å². The lowest BCUT2D eigenvalue weighted by Gasteiger charge is -2.27. The summed E-state index contributed by atoms with van der Waals surface area (Å²) >= 11 is 1.72. The fourth-order valence-electron chi connectivity index (χ4n) is 3.31. The molecule has 0 spiro atoms. The van der Waals surface area contributed by atoms with Gasteiger partial charge in [0.05, 0.1) is 4.88 Å². The Morgan fingerprint density at radius 1 is 1.18 bits per heavy atom. The molecule has 4 nitrogen and oxygen atoms in total. The van der Waals surface area contributed by atoms with Crippen LogP contribution in [0.25, 0.3) is 0 Å². The number of hydrogen-bond donors (Lipinski definition) is 2. The van der Waals surface area contributed by atoms with E-state index in [2.05, 4.69) is 21.6 Å². The summed E-state index contributed by atoms with van der Waals surface area (Å²) < 4.78 is 0. The monoisotopic (exact) mass is 321 g/mol. The minimum Gasteiger partial charge on any atom is -0.350 e.